The number of nitrogens with zero attached hydrogens (tertiary/aromatic N) is 3. The lowest BCUT2D eigenvalue weighted by molar-refractivity contribution is -0.0500. The molecular weight excluding hydrogens is 310 g/mol. The summed E-state index contributed by atoms with van der Waals surface area (Å²) >= 11 is 6.79. The van der Waals surface area contributed by atoms with E-state index < -0.39 is 6.61 Å². The van der Waals surface area contributed by atoms with Crippen molar-refractivity contribution in [1.82, 2.24) is 9.36 Å². The molecule has 104 valence electrons. The van der Waals surface area contributed by atoms with Gasteiger partial charge in [0.1, 0.15) is 22.4 Å². The van der Waals surface area contributed by atoms with E-state index in [1.54, 1.807) is 6.07 Å². The number of nitriles is 1. The minimum Gasteiger partial charge on any atom is -0.433 e. The van der Waals surface area contributed by atoms with Gasteiger partial charge in [-0.15, -0.1) is 0 Å². The Morgan fingerprint density at radius 2 is 2.30 bits per heavy atom. The molecule has 2 rings (SSSR count). The van der Waals surface area contributed by atoms with E-state index in [0.717, 1.165) is 11.5 Å². The molecule has 0 aliphatic heterocycles. The summed E-state index contributed by atoms with van der Waals surface area (Å²) in [5.74, 6) is -0.0118. The number of halogens is 3. The number of aromatic nitrogens is 2. The molecule has 2 aromatic heterocycles. The second kappa shape index (κ2) is 6.45. The van der Waals surface area contributed by atoms with Crippen LogP contribution in [0.1, 0.15) is 11.3 Å². The maximum Gasteiger partial charge on any atom is 0.387 e. The molecule has 0 fully saturated rings. The van der Waals surface area contributed by atoms with Crippen molar-refractivity contribution in [1.29, 1.82) is 5.26 Å². The van der Waals surface area contributed by atoms with Crippen molar-refractivity contribution in [3.05, 3.63) is 34.7 Å². The van der Waals surface area contributed by atoms with Crippen molar-refractivity contribution >= 4 is 28.1 Å². The average molecular weight is 317 g/mol. The maximum absolute atomic E-state index is 12.0. The monoisotopic (exact) mass is 316 g/mol. The van der Waals surface area contributed by atoms with Gasteiger partial charge in [-0.2, -0.15) is 18.4 Å². The van der Waals surface area contributed by atoms with E-state index in [1.165, 1.54) is 12.3 Å². The summed E-state index contributed by atoms with van der Waals surface area (Å²) in [4.78, 5) is 3.96. The molecule has 0 radical (unpaired) electrons. The number of alkyl halides is 2. The maximum atomic E-state index is 12.0. The number of rotatable bonds is 5. The van der Waals surface area contributed by atoms with Gasteiger partial charge in [0.2, 0.25) is 0 Å². The minimum absolute atomic E-state index is 0.0118. The van der Waals surface area contributed by atoms with Crippen LogP contribution in [0.4, 0.5) is 13.8 Å². The van der Waals surface area contributed by atoms with Gasteiger partial charge in [-0.3, -0.25) is 4.98 Å². The Hall–Kier alpha value is -1.98. The molecule has 0 saturated heterocycles. The van der Waals surface area contributed by atoms with Crippen LogP contribution in [0.2, 0.25) is 5.15 Å². The predicted molar refractivity (Wildman–Crippen MR) is 70.0 cm³/mol. The highest BCUT2D eigenvalue weighted by atomic mass is 35.5. The number of anilines is 1. The SMILES string of the molecule is N#Cc1c(Cl)nsc1NCc1ccc(OC(F)F)cn1. The van der Waals surface area contributed by atoms with E-state index in [0.29, 0.717) is 17.2 Å². The molecule has 2 aromatic rings. The van der Waals surface area contributed by atoms with Gasteiger partial charge in [0.15, 0.2) is 5.15 Å². The molecule has 0 saturated carbocycles. The van der Waals surface area contributed by atoms with Crippen LogP contribution < -0.4 is 10.1 Å². The van der Waals surface area contributed by atoms with E-state index >= 15 is 0 Å². The quantitative estimate of drug-likeness (QED) is 0.916. The Balaban J connectivity index is 1.99. The topological polar surface area (TPSA) is 70.8 Å². The lowest BCUT2D eigenvalue weighted by atomic mass is 10.3. The molecule has 9 heteroatoms. The normalized spacial score (nSPS) is 10.3. The molecule has 1 N–H and O–H groups in total. The molecule has 0 aliphatic rings. The van der Waals surface area contributed by atoms with Crippen molar-refractivity contribution in [2.45, 2.75) is 13.2 Å². The Morgan fingerprint density at radius 1 is 1.50 bits per heavy atom. The Morgan fingerprint density at radius 3 is 2.90 bits per heavy atom. The Labute approximate surface area is 121 Å². The second-order valence-electron chi connectivity index (χ2n) is 3.51. The fraction of sp³-hybridized carbons (Fsp3) is 0.182. The number of hydrogen-bond donors (Lipinski definition) is 1. The van der Waals surface area contributed by atoms with E-state index in [2.05, 4.69) is 19.4 Å². The van der Waals surface area contributed by atoms with E-state index in [-0.39, 0.29) is 16.5 Å². The third-order valence-electron chi connectivity index (χ3n) is 2.22. The van der Waals surface area contributed by atoms with Crippen LogP contribution in [0.25, 0.3) is 0 Å². The molecular formula is C11H7ClF2N4OS. The molecule has 2 heterocycles. The summed E-state index contributed by atoms with van der Waals surface area (Å²) in [6, 6.07) is 4.87. The highest BCUT2D eigenvalue weighted by molar-refractivity contribution is 7.10. The molecule has 20 heavy (non-hydrogen) atoms. The van der Waals surface area contributed by atoms with Crippen molar-refractivity contribution in [3.63, 3.8) is 0 Å². The Kier molecular flexibility index (Phi) is 4.65. The molecule has 0 atom stereocenters. The summed E-state index contributed by atoms with van der Waals surface area (Å²) in [6.45, 7) is -2.57. The van der Waals surface area contributed by atoms with Crippen molar-refractivity contribution in [3.8, 4) is 11.8 Å². The molecule has 0 unspecified atom stereocenters. The van der Waals surface area contributed by atoms with Crippen molar-refractivity contribution in [2.24, 2.45) is 0 Å². The zero-order chi connectivity index (χ0) is 14.5. The van der Waals surface area contributed by atoms with Gasteiger partial charge < -0.3 is 10.1 Å². The van der Waals surface area contributed by atoms with Gasteiger partial charge in [-0.1, -0.05) is 11.6 Å². The minimum atomic E-state index is -2.88. The third-order valence-corrected chi connectivity index (χ3v) is 3.39. The van der Waals surface area contributed by atoms with Gasteiger partial charge in [0.05, 0.1) is 18.4 Å². The highest BCUT2D eigenvalue weighted by Crippen LogP contribution is 2.27. The fourth-order valence-corrected chi connectivity index (χ4v) is 2.28. The molecule has 0 spiro atoms. The molecule has 0 aromatic carbocycles. The van der Waals surface area contributed by atoms with E-state index in [9.17, 15) is 8.78 Å². The molecule has 0 aliphatic carbocycles. The summed E-state index contributed by atoms with van der Waals surface area (Å²) in [7, 11) is 0. The summed E-state index contributed by atoms with van der Waals surface area (Å²) in [5, 5.41) is 12.5. The first kappa shape index (κ1) is 14.4. The summed E-state index contributed by atoms with van der Waals surface area (Å²) in [5.41, 5.74) is 0.870. The molecule has 5 nitrogen and oxygen atoms in total. The average Bonchev–Trinajstić information content (AvgIpc) is 2.77. The van der Waals surface area contributed by atoms with Crippen LogP contribution in [0, 0.1) is 11.3 Å². The van der Waals surface area contributed by atoms with Gasteiger partial charge in [-0.25, -0.2) is 0 Å². The lowest BCUT2D eigenvalue weighted by Crippen LogP contribution is -2.04. The molecule has 0 bridgehead atoms. The standard InChI is InChI=1S/C11H7ClF2N4OS/c12-9-8(3-15)10(20-18-9)17-4-6-1-2-7(5-16-6)19-11(13)14/h1-2,5,11,17H,4H2. The van der Waals surface area contributed by atoms with Crippen molar-refractivity contribution in [2.75, 3.05) is 5.32 Å². The van der Waals surface area contributed by atoms with E-state index in [4.69, 9.17) is 16.9 Å². The Bertz CT molecular complexity index is 626. The first-order valence-electron chi connectivity index (χ1n) is 5.29. The van der Waals surface area contributed by atoms with Gasteiger partial charge >= 0.3 is 6.61 Å². The largest absolute Gasteiger partial charge is 0.433 e. The van der Waals surface area contributed by atoms with Gasteiger partial charge in [0, 0.05) is 0 Å². The fourth-order valence-electron chi connectivity index (χ4n) is 1.35. The zero-order valence-electron chi connectivity index (χ0n) is 9.81. The first-order chi connectivity index (χ1) is 9.60. The third kappa shape index (κ3) is 3.53. The molecule has 0 amide bonds. The second-order valence-corrected chi connectivity index (χ2v) is 4.64. The van der Waals surface area contributed by atoms with Crippen LogP contribution in [0.5, 0.6) is 5.75 Å². The highest BCUT2D eigenvalue weighted by Gasteiger charge is 2.11. The number of ether oxygens (including phenoxy) is 1. The summed E-state index contributed by atoms with van der Waals surface area (Å²) in [6.07, 6.45) is 1.20. The van der Waals surface area contributed by atoms with Crippen LogP contribution in [-0.4, -0.2) is 16.0 Å². The van der Waals surface area contributed by atoms with Gasteiger partial charge in [0.25, 0.3) is 0 Å². The lowest BCUT2D eigenvalue weighted by Gasteiger charge is -2.06. The van der Waals surface area contributed by atoms with Gasteiger partial charge in [-0.05, 0) is 23.7 Å². The predicted octanol–water partition coefficient (Wildman–Crippen LogP) is 3.28. The zero-order valence-corrected chi connectivity index (χ0v) is 11.4. The number of pyridine rings is 1. The van der Waals surface area contributed by atoms with Crippen LogP contribution in [-0.2, 0) is 6.54 Å². The van der Waals surface area contributed by atoms with E-state index in [1.807, 2.05) is 6.07 Å². The van der Waals surface area contributed by atoms with Crippen molar-refractivity contribution < 1.29 is 13.5 Å². The number of nitrogens with one attached hydrogen (secondary N) is 1. The summed E-state index contributed by atoms with van der Waals surface area (Å²) < 4.78 is 32.0. The smallest absolute Gasteiger partial charge is 0.387 e. The van der Waals surface area contributed by atoms with Crippen LogP contribution >= 0.6 is 23.1 Å². The number of hydrogen-bond acceptors (Lipinski definition) is 6. The first-order valence-corrected chi connectivity index (χ1v) is 6.44. The van der Waals surface area contributed by atoms with Crippen LogP contribution in [0.3, 0.4) is 0 Å². The van der Waals surface area contributed by atoms with Crippen LogP contribution in [0.15, 0.2) is 18.3 Å².